The molecule has 0 unspecified atom stereocenters. The van der Waals surface area contributed by atoms with E-state index in [0.717, 1.165) is 22.9 Å². The highest BCUT2D eigenvalue weighted by molar-refractivity contribution is 5.83. The number of aromatic nitrogens is 1. The number of carbonyl (C=O) groups excluding carboxylic acids is 2. The number of para-hydroxylation sites is 1. The summed E-state index contributed by atoms with van der Waals surface area (Å²) in [4.78, 5) is 26.8. The van der Waals surface area contributed by atoms with Crippen LogP contribution in [0.25, 0.3) is 10.9 Å². The van der Waals surface area contributed by atoms with Gasteiger partial charge >= 0.3 is 5.97 Å². The molecule has 0 saturated heterocycles. The monoisotopic (exact) mass is 382 g/mol. The van der Waals surface area contributed by atoms with E-state index in [1.165, 1.54) is 17.7 Å². The van der Waals surface area contributed by atoms with E-state index in [4.69, 9.17) is 4.74 Å². The van der Waals surface area contributed by atoms with Crippen LogP contribution in [0.4, 0.5) is 4.39 Å². The summed E-state index contributed by atoms with van der Waals surface area (Å²) in [6.45, 7) is 0.123. The van der Waals surface area contributed by atoms with Gasteiger partial charge in [0, 0.05) is 30.1 Å². The fourth-order valence-electron chi connectivity index (χ4n) is 3.03. The van der Waals surface area contributed by atoms with Crippen molar-refractivity contribution in [2.24, 2.45) is 0 Å². The van der Waals surface area contributed by atoms with Crippen molar-refractivity contribution in [1.29, 1.82) is 0 Å². The van der Waals surface area contributed by atoms with E-state index in [1.807, 2.05) is 24.4 Å². The van der Waals surface area contributed by atoms with E-state index < -0.39 is 0 Å². The number of aryl methyl sites for hydroxylation is 1. The summed E-state index contributed by atoms with van der Waals surface area (Å²) in [6, 6.07) is 14.2. The molecule has 0 saturated carbocycles. The molecule has 1 amide bonds. The number of rotatable bonds is 9. The minimum atomic E-state index is -0.381. The zero-order chi connectivity index (χ0) is 19.8. The molecule has 3 rings (SSSR count). The van der Waals surface area contributed by atoms with Crippen molar-refractivity contribution in [1.82, 2.24) is 10.3 Å². The van der Waals surface area contributed by atoms with Crippen LogP contribution in [0.1, 0.15) is 24.0 Å². The quantitative estimate of drug-likeness (QED) is 0.556. The highest BCUT2D eigenvalue weighted by Crippen LogP contribution is 2.19. The van der Waals surface area contributed by atoms with Crippen molar-refractivity contribution in [3.63, 3.8) is 0 Å². The summed E-state index contributed by atoms with van der Waals surface area (Å²) in [5, 5.41) is 3.85. The molecule has 0 fully saturated rings. The van der Waals surface area contributed by atoms with E-state index in [1.54, 1.807) is 12.1 Å². The summed E-state index contributed by atoms with van der Waals surface area (Å²) < 4.78 is 17.9. The third-order valence-electron chi connectivity index (χ3n) is 4.52. The van der Waals surface area contributed by atoms with Gasteiger partial charge in [-0.05, 0) is 48.6 Å². The predicted octanol–water partition coefficient (Wildman–Crippen LogP) is 3.53. The number of hydrogen-bond acceptors (Lipinski definition) is 3. The molecule has 5 nitrogen and oxygen atoms in total. The average Bonchev–Trinajstić information content (AvgIpc) is 3.11. The lowest BCUT2D eigenvalue weighted by Gasteiger charge is -2.07. The molecule has 1 heterocycles. The number of fused-ring (bicyclic) bond motifs is 1. The Morgan fingerprint density at radius 1 is 1.04 bits per heavy atom. The van der Waals surface area contributed by atoms with Crippen LogP contribution in [0, 0.1) is 5.82 Å². The maximum atomic E-state index is 12.8. The highest BCUT2D eigenvalue weighted by Gasteiger charge is 2.09. The third kappa shape index (κ3) is 5.67. The summed E-state index contributed by atoms with van der Waals surface area (Å²) >= 11 is 0. The zero-order valence-corrected chi connectivity index (χ0v) is 15.5. The van der Waals surface area contributed by atoms with Crippen LogP contribution in [0.2, 0.25) is 0 Å². The lowest BCUT2D eigenvalue weighted by molar-refractivity contribution is -0.148. The molecule has 6 heteroatoms. The van der Waals surface area contributed by atoms with Gasteiger partial charge in [0.2, 0.25) is 0 Å². The van der Waals surface area contributed by atoms with Crippen LogP contribution in [0.3, 0.4) is 0 Å². The molecule has 0 aliphatic heterocycles. The Morgan fingerprint density at radius 2 is 1.82 bits per heavy atom. The topological polar surface area (TPSA) is 71.2 Å². The number of aromatic amines is 1. The molecular weight excluding hydrogens is 359 g/mol. The van der Waals surface area contributed by atoms with E-state index in [2.05, 4.69) is 16.4 Å². The van der Waals surface area contributed by atoms with Crippen LogP contribution in [-0.2, 0) is 27.2 Å². The minimum absolute atomic E-state index is 0.266. The highest BCUT2D eigenvalue weighted by atomic mass is 19.1. The normalized spacial score (nSPS) is 10.8. The van der Waals surface area contributed by atoms with Crippen LogP contribution in [-0.4, -0.2) is 30.0 Å². The maximum Gasteiger partial charge on any atom is 0.306 e. The van der Waals surface area contributed by atoms with Gasteiger partial charge in [-0.3, -0.25) is 9.59 Å². The van der Waals surface area contributed by atoms with Crippen molar-refractivity contribution >= 4 is 22.8 Å². The molecule has 3 aromatic rings. The van der Waals surface area contributed by atoms with Gasteiger partial charge in [0.1, 0.15) is 5.82 Å². The molecule has 0 aliphatic rings. The van der Waals surface area contributed by atoms with Gasteiger partial charge in [-0.1, -0.05) is 30.3 Å². The number of nitrogens with one attached hydrogen (secondary N) is 2. The first-order valence-electron chi connectivity index (χ1n) is 9.33. The Bertz CT molecular complexity index is 934. The van der Waals surface area contributed by atoms with Crippen molar-refractivity contribution in [3.05, 3.63) is 71.7 Å². The molecule has 2 aromatic carbocycles. The Balaban J connectivity index is 1.30. The van der Waals surface area contributed by atoms with Gasteiger partial charge in [-0.2, -0.15) is 0 Å². The molecule has 1 aromatic heterocycles. The predicted molar refractivity (Wildman–Crippen MR) is 105 cm³/mol. The SMILES string of the molecule is O=C(COC(=O)CCCc1c[nH]c2ccccc12)NCCc1ccc(F)cc1. The molecule has 0 atom stereocenters. The van der Waals surface area contributed by atoms with E-state index in [9.17, 15) is 14.0 Å². The molecule has 0 bridgehead atoms. The van der Waals surface area contributed by atoms with E-state index >= 15 is 0 Å². The van der Waals surface area contributed by atoms with Crippen LogP contribution >= 0.6 is 0 Å². The summed E-state index contributed by atoms with van der Waals surface area (Å²) in [5.41, 5.74) is 3.18. The first kappa shape index (κ1) is 19.6. The summed E-state index contributed by atoms with van der Waals surface area (Å²) in [6.07, 6.45) is 4.24. The number of hydrogen-bond donors (Lipinski definition) is 2. The largest absolute Gasteiger partial charge is 0.456 e. The Hall–Kier alpha value is -3.15. The molecular formula is C22H23FN2O3. The zero-order valence-electron chi connectivity index (χ0n) is 15.5. The van der Waals surface area contributed by atoms with E-state index in [0.29, 0.717) is 19.4 Å². The Labute approximate surface area is 162 Å². The van der Waals surface area contributed by atoms with E-state index in [-0.39, 0.29) is 30.7 Å². The molecule has 0 aliphatic carbocycles. The van der Waals surface area contributed by atoms with Crippen LogP contribution in [0.5, 0.6) is 0 Å². The first-order valence-corrected chi connectivity index (χ1v) is 9.33. The number of H-pyrrole nitrogens is 1. The smallest absolute Gasteiger partial charge is 0.306 e. The molecule has 146 valence electrons. The molecule has 0 radical (unpaired) electrons. The Kier molecular flexibility index (Phi) is 6.78. The van der Waals surface area contributed by atoms with Crippen molar-refractivity contribution in [2.75, 3.05) is 13.2 Å². The Morgan fingerprint density at radius 3 is 2.64 bits per heavy atom. The standard InChI is InChI=1S/C22H23FN2O3/c23-18-10-8-16(9-11-18)12-13-24-21(26)15-28-22(27)7-3-4-17-14-25-20-6-2-1-5-19(17)20/h1-2,5-6,8-11,14,25H,3-4,7,12-13,15H2,(H,24,26). The number of benzene rings is 2. The average molecular weight is 382 g/mol. The second kappa shape index (κ2) is 9.69. The number of ether oxygens (including phenoxy) is 1. The number of amides is 1. The van der Waals surface area contributed by atoms with Gasteiger partial charge in [0.25, 0.3) is 5.91 Å². The van der Waals surface area contributed by atoms with Crippen LogP contribution in [0.15, 0.2) is 54.7 Å². The van der Waals surface area contributed by atoms with Crippen molar-refractivity contribution < 1.29 is 18.7 Å². The first-order chi connectivity index (χ1) is 13.6. The second-order valence-electron chi connectivity index (χ2n) is 6.60. The minimum Gasteiger partial charge on any atom is -0.456 e. The fraction of sp³-hybridized carbons (Fsp3) is 0.273. The van der Waals surface area contributed by atoms with Gasteiger partial charge in [0.15, 0.2) is 6.61 Å². The van der Waals surface area contributed by atoms with Crippen LogP contribution < -0.4 is 5.32 Å². The summed E-state index contributed by atoms with van der Waals surface area (Å²) in [7, 11) is 0. The van der Waals surface area contributed by atoms with Crippen molar-refractivity contribution in [2.45, 2.75) is 25.7 Å². The fourth-order valence-corrected chi connectivity index (χ4v) is 3.03. The van der Waals surface area contributed by atoms with Gasteiger partial charge in [-0.25, -0.2) is 4.39 Å². The number of esters is 1. The van der Waals surface area contributed by atoms with Crippen molar-refractivity contribution in [3.8, 4) is 0 Å². The number of carbonyl (C=O) groups is 2. The lowest BCUT2D eigenvalue weighted by atomic mass is 10.1. The molecule has 28 heavy (non-hydrogen) atoms. The van der Waals surface area contributed by atoms with Gasteiger partial charge in [-0.15, -0.1) is 0 Å². The molecule has 2 N–H and O–H groups in total. The second-order valence-corrected chi connectivity index (χ2v) is 6.60. The van der Waals surface area contributed by atoms with Gasteiger partial charge in [0.05, 0.1) is 0 Å². The van der Waals surface area contributed by atoms with Gasteiger partial charge < -0.3 is 15.0 Å². The molecule has 0 spiro atoms. The third-order valence-corrected chi connectivity index (χ3v) is 4.52. The maximum absolute atomic E-state index is 12.8. The lowest BCUT2D eigenvalue weighted by Crippen LogP contribution is -2.30. The number of halogens is 1. The summed E-state index contributed by atoms with van der Waals surface area (Å²) in [5.74, 6) is -1.01.